The first kappa shape index (κ1) is 21.7. The van der Waals surface area contributed by atoms with Gasteiger partial charge in [0.05, 0.1) is 23.9 Å². The van der Waals surface area contributed by atoms with Gasteiger partial charge in [-0.25, -0.2) is 4.79 Å². The molecule has 0 aliphatic carbocycles. The van der Waals surface area contributed by atoms with Gasteiger partial charge in [-0.15, -0.1) is 0 Å². The SMILES string of the molecule is COC(=O)c1ccc(C2CCCN(C(/C=C(\N)Cl)=C(N)N)C2)cc1C(F)(F)F. The lowest BCUT2D eigenvalue weighted by Gasteiger charge is -2.35. The number of carbonyl (C=O) groups is 1. The first-order valence-electron chi connectivity index (χ1n) is 8.47. The Balaban J connectivity index is 2.38. The normalized spacial score (nSPS) is 18.0. The zero-order chi connectivity index (χ0) is 21.1. The number of allylic oxidation sites excluding steroid dienone is 1. The standard InChI is InChI=1S/C18H22ClF3N4O2/c1-28-17(27)12-5-4-10(7-13(12)18(20,21)22)11-3-2-6-26(9-11)14(16(24)25)8-15(19)23/h4-5,7-8,11H,2-3,6,9,23-25H2,1H3/b15-8-. The van der Waals surface area contributed by atoms with Crippen LogP contribution in [-0.2, 0) is 10.9 Å². The topological polar surface area (TPSA) is 108 Å². The first-order chi connectivity index (χ1) is 13.0. The summed E-state index contributed by atoms with van der Waals surface area (Å²) in [7, 11) is 1.04. The number of esters is 1. The highest BCUT2D eigenvalue weighted by Crippen LogP contribution is 2.37. The van der Waals surface area contributed by atoms with Crippen molar-refractivity contribution < 1.29 is 22.7 Å². The molecule has 0 bridgehead atoms. The van der Waals surface area contributed by atoms with E-state index in [1.165, 1.54) is 12.1 Å². The Morgan fingerprint density at radius 2 is 2.00 bits per heavy atom. The molecular formula is C18H22ClF3N4O2. The quantitative estimate of drug-likeness (QED) is 0.394. The molecule has 1 saturated heterocycles. The molecule has 154 valence electrons. The minimum absolute atomic E-state index is 0.00712. The number of methoxy groups -OCH3 is 1. The number of hydrogen-bond acceptors (Lipinski definition) is 6. The Kier molecular flexibility index (Phi) is 6.71. The van der Waals surface area contributed by atoms with Crippen molar-refractivity contribution in [2.75, 3.05) is 20.2 Å². The molecule has 0 spiro atoms. The summed E-state index contributed by atoms with van der Waals surface area (Å²) in [5.74, 6) is -1.24. The van der Waals surface area contributed by atoms with E-state index in [0.29, 0.717) is 37.2 Å². The number of nitrogens with two attached hydrogens (primary N) is 3. The van der Waals surface area contributed by atoms with E-state index >= 15 is 0 Å². The average Bonchev–Trinajstić information content (AvgIpc) is 2.64. The van der Waals surface area contributed by atoms with Gasteiger partial charge < -0.3 is 26.8 Å². The van der Waals surface area contributed by atoms with Crippen molar-refractivity contribution in [3.8, 4) is 0 Å². The fraction of sp³-hybridized carbons (Fsp3) is 0.389. The number of benzene rings is 1. The van der Waals surface area contributed by atoms with Crippen LogP contribution in [0.1, 0.15) is 40.2 Å². The van der Waals surface area contributed by atoms with Gasteiger partial charge in [0.15, 0.2) is 0 Å². The maximum atomic E-state index is 13.5. The highest BCUT2D eigenvalue weighted by molar-refractivity contribution is 6.29. The molecule has 0 amide bonds. The Bertz CT molecular complexity index is 801. The smallest absolute Gasteiger partial charge is 0.417 e. The van der Waals surface area contributed by atoms with E-state index in [1.54, 1.807) is 0 Å². The summed E-state index contributed by atoms with van der Waals surface area (Å²) in [5, 5.41) is -0.00712. The number of rotatable bonds is 4. The van der Waals surface area contributed by atoms with Gasteiger partial charge in [-0.1, -0.05) is 17.7 Å². The number of hydrogen-bond donors (Lipinski definition) is 3. The second-order valence-electron chi connectivity index (χ2n) is 6.45. The van der Waals surface area contributed by atoms with Gasteiger partial charge in [0, 0.05) is 19.0 Å². The van der Waals surface area contributed by atoms with Crippen molar-refractivity contribution in [3.63, 3.8) is 0 Å². The summed E-state index contributed by atoms with van der Waals surface area (Å²) in [4.78, 5) is 13.5. The molecule has 1 heterocycles. The lowest BCUT2D eigenvalue weighted by atomic mass is 9.88. The molecule has 0 aromatic heterocycles. The van der Waals surface area contributed by atoms with Gasteiger partial charge in [0.1, 0.15) is 11.0 Å². The van der Waals surface area contributed by atoms with Gasteiger partial charge in [-0.3, -0.25) is 0 Å². The highest BCUT2D eigenvalue weighted by atomic mass is 35.5. The van der Waals surface area contributed by atoms with Gasteiger partial charge in [-0.05, 0) is 36.6 Å². The van der Waals surface area contributed by atoms with Crippen LogP contribution in [0.15, 0.2) is 40.9 Å². The molecule has 0 saturated carbocycles. The number of nitrogens with zero attached hydrogens (tertiary/aromatic N) is 1. The number of piperidine rings is 1. The number of halogens is 4. The molecule has 1 aliphatic rings. The molecule has 6 N–H and O–H groups in total. The van der Waals surface area contributed by atoms with Gasteiger partial charge >= 0.3 is 12.1 Å². The fourth-order valence-electron chi connectivity index (χ4n) is 3.29. The van der Waals surface area contributed by atoms with Crippen LogP contribution in [0.5, 0.6) is 0 Å². The van der Waals surface area contributed by atoms with E-state index in [9.17, 15) is 18.0 Å². The van der Waals surface area contributed by atoms with Crippen molar-refractivity contribution in [1.29, 1.82) is 0 Å². The Hall–Kier alpha value is -2.55. The van der Waals surface area contributed by atoms with Crippen LogP contribution < -0.4 is 17.2 Å². The molecular weight excluding hydrogens is 397 g/mol. The van der Waals surface area contributed by atoms with Crippen molar-refractivity contribution >= 4 is 17.6 Å². The number of carbonyl (C=O) groups excluding carboxylic acids is 1. The zero-order valence-electron chi connectivity index (χ0n) is 15.2. The molecule has 1 atom stereocenters. The van der Waals surface area contributed by atoms with Gasteiger partial charge in [-0.2, -0.15) is 13.2 Å². The van der Waals surface area contributed by atoms with Crippen LogP contribution in [0.2, 0.25) is 0 Å². The number of alkyl halides is 3. The molecule has 1 fully saturated rings. The van der Waals surface area contributed by atoms with E-state index in [2.05, 4.69) is 4.74 Å². The predicted octanol–water partition coefficient (Wildman–Crippen LogP) is 2.80. The summed E-state index contributed by atoms with van der Waals surface area (Å²) in [6, 6.07) is 3.66. The summed E-state index contributed by atoms with van der Waals surface area (Å²) >= 11 is 5.72. The summed E-state index contributed by atoms with van der Waals surface area (Å²) in [6.07, 6.45) is -1.89. The van der Waals surface area contributed by atoms with Crippen molar-refractivity contribution in [2.45, 2.75) is 24.9 Å². The van der Waals surface area contributed by atoms with E-state index in [1.807, 2.05) is 4.90 Å². The molecule has 0 radical (unpaired) electrons. The first-order valence-corrected chi connectivity index (χ1v) is 8.84. The Labute approximate surface area is 165 Å². The maximum Gasteiger partial charge on any atom is 0.417 e. The third kappa shape index (κ3) is 5.03. The fourth-order valence-corrected chi connectivity index (χ4v) is 3.40. The molecule has 10 heteroatoms. The van der Waals surface area contributed by atoms with Gasteiger partial charge in [0.25, 0.3) is 0 Å². The summed E-state index contributed by atoms with van der Waals surface area (Å²) in [5.41, 5.74) is 16.3. The number of likely N-dealkylation sites (tertiary alicyclic amines) is 1. The summed E-state index contributed by atoms with van der Waals surface area (Å²) in [6.45, 7) is 0.986. The van der Waals surface area contributed by atoms with E-state index < -0.39 is 23.3 Å². The summed E-state index contributed by atoms with van der Waals surface area (Å²) < 4.78 is 44.8. The van der Waals surface area contributed by atoms with E-state index in [-0.39, 0.29) is 16.9 Å². The van der Waals surface area contributed by atoms with Crippen LogP contribution in [0, 0.1) is 0 Å². The monoisotopic (exact) mass is 418 g/mol. The molecule has 6 nitrogen and oxygen atoms in total. The lowest BCUT2D eigenvalue weighted by Crippen LogP contribution is -2.36. The third-order valence-electron chi connectivity index (χ3n) is 4.56. The maximum absolute atomic E-state index is 13.5. The molecule has 1 unspecified atom stereocenters. The average molecular weight is 419 g/mol. The second kappa shape index (κ2) is 8.64. The van der Waals surface area contributed by atoms with E-state index in [4.69, 9.17) is 28.8 Å². The minimum atomic E-state index is -4.68. The lowest BCUT2D eigenvalue weighted by molar-refractivity contribution is -0.138. The van der Waals surface area contributed by atoms with Crippen LogP contribution in [0.3, 0.4) is 0 Å². The Morgan fingerprint density at radius 3 is 2.54 bits per heavy atom. The van der Waals surface area contributed by atoms with Crippen molar-refractivity contribution in [1.82, 2.24) is 4.90 Å². The second-order valence-corrected chi connectivity index (χ2v) is 6.89. The van der Waals surface area contributed by atoms with Crippen molar-refractivity contribution in [2.24, 2.45) is 17.2 Å². The highest BCUT2D eigenvalue weighted by Gasteiger charge is 2.36. The van der Waals surface area contributed by atoms with Crippen LogP contribution in [-0.4, -0.2) is 31.1 Å². The van der Waals surface area contributed by atoms with Crippen LogP contribution in [0.4, 0.5) is 13.2 Å². The largest absolute Gasteiger partial charge is 0.465 e. The van der Waals surface area contributed by atoms with Crippen LogP contribution >= 0.6 is 11.6 Å². The van der Waals surface area contributed by atoms with Gasteiger partial charge in [0.2, 0.25) is 0 Å². The molecule has 1 aromatic rings. The minimum Gasteiger partial charge on any atom is -0.465 e. The van der Waals surface area contributed by atoms with Crippen LogP contribution in [0.25, 0.3) is 0 Å². The Morgan fingerprint density at radius 1 is 1.32 bits per heavy atom. The van der Waals surface area contributed by atoms with E-state index in [0.717, 1.165) is 19.2 Å². The zero-order valence-corrected chi connectivity index (χ0v) is 16.0. The molecule has 2 rings (SSSR count). The molecule has 1 aromatic carbocycles. The predicted molar refractivity (Wildman–Crippen MR) is 99.9 cm³/mol. The number of ether oxygens (including phenoxy) is 1. The third-order valence-corrected chi connectivity index (χ3v) is 4.67. The van der Waals surface area contributed by atoms with Crippen molar-refractivity contribution in [3.05, 3.63) is 57.6 Å². The molecule has 1 aliphatic heterocycles. The molecule has 28 heavy (non-hydrogen) atoms.